The van der Waals surface area contributed by atoms with Crippen molar-refractivity contribution >= 4 is 6.29 Å². The van der Waals surface area contributed by atoms with Crippen LogP contribution >= 0.6 is 0 Å². The van der Waals surface area contributed by atoms with Crippen molar-refractivity contribution in [2.75, 3.05) is 0 Å². The molecule has 0 aliphatic carbocycles. The van der Waals surface area contributed by atoms with E-state index in [0.717, 1.165) is 22.3 Å². The van der Waals surface area contributed by atoms with Gasteiger partial charge in [-0.25, -0.2) is 8.78 Å². The summed E-state index contributed by atoms with van der Waals surface area (Å²) in [6.07, 6.45) is 0.498. The van der Waals surface area contributed by atoms with Crippen LogP contribution in [0.4, 0.5) is 8.78 Å². The first-order valence-electron chi connectivity index (χ1n) is 6.56. The SMILES string of the molecule is Cc1[c-]c(F)c(C)cc1C.Cc1[c-]c(F)c(C=O)cc1C.[Y].[Y]. The second-order valence-electron chi connectivity index (χ2n) is 5.04. The van der Waals surface area contributed by atoms with Crippen molar-refractivity contribution in [3.05, 3.63) is 69.3 Å². The number of aldehydes is 1. The van der Waals surface area contributed by atoms with Crippen LogP contribution in [0.2, 0.25) is 0 Å². The molecule has 118 valence electrons. The summed E-state index contributed by atoms with van der Waals surface area (Å²) in [4.78, 5) is 10.2. The molecule has 2 aromatic carbocycles. The van der Waals surface area contributed by atoms with Crippen molar-refractivity contribution in [2.45, 2.75) is 34.6 Å². The van der Waals surface area contributed by atoms with E-state index in [9.17, 15) is 13.6 Å². The Balaban J connectivity index is 0. The smallest absolute Gasteiger partial charge is 0.0977 e. The number of hydrogen-bond acceptors (Lipinski definition) is 1. The first-order valence-corrected chi connectivity index (χ1v) is 6.56. The third-order valence-corrected chi connectivity index (χ3v) is 3.31. The average molecular weight is 466 g/mol. The third kappa shape index (κ3) is 7.73. The number of hydrogen-bond donors (Lipinski definition) is 0. The monoisotopic (exact) mass is 466 g/mol. The molecule has 1 nitrogen and oxygen atoms in total. The molecule has 23 heavy (non-hydrogen) atoms. The van der Waals surface area contributed by atoms with Crippen molar-refractivity contribution in [3.8, 4) is 0 Å². The van der Waals surface area contributed by atoms with Crippen LogP contribution in [0, 0.1) is 58.4 Å². The maximum absolute atomic E-state index is 12.7. The van der Waals surface area contributed by atoms with Crippen LogP contribution in [0.1, 0.15) is 38.2 Å². The average Bonchev–Trinajstić information content (AvgIpc) is 2.41. The Hall–Kier alpha value is 0.178. The van der Waals surface area contributed by atoms with E-state index in [2.05, 4.69) is 12.1 Å². The third-order valence-electron chi connectivity index (χ3n) is 3.31. The van der Waals surface area contributed by atoms with Crippen LogP contribution < -0.4 is 0 Å². The minimum atomic E-state index is -0.567. The van der Waals surface area contributed by atoms with Crippen LogP contribution in [0.25, 0.3) is 0 Å². The fourth-order valence-electron chi connectivity index (χ4n) is 1.68. The molecule has 0 bridgehead atoms. The van der Waals surface area contributed by atoms with E-state index in [4.69, 9.17) is 0 Å². The van der Waals surface area contributed by atoms with Crippen LogP contribution in [0.3, 0.4) is 0 Å². The molecule has 0 heterocycles. The van der Waals surface area contributed by atoms with E-state index in [1.165, 1.54) is 6.07 Å². The molecule has 2 aromatic rings. The predicted molar refractivity (Wildman–Crippen MR) is 79.5 cm³/mol. The summed E-state index contributed by atoms with van der Waals surface area (Å²) in [7, 11) is 0. The van der Waals surface area contributed by atoms with Gasteiger partial charge in [0.2, 0.25) is 0 Å². The summed E-state index contributed by atoms with van der Waals surface area (Å²) >= 11 is 0. The Morgan fingerprint density at radius 3 is 1.65 bits per heavy atom. The van der Waals surface area contributed by atoms with E-state index < -0.39 is 5.82 Å². The zero-order valence-corrected chi connectivity index (χ0v) is 19.7. The molecule has 0 amide bonds. The maximum Gasteiger partial charge on any atom is 0.0977 e. The summed E-state index contributed by atoms with van der Waals surface area (Å²) in [5.41, 5.74) is 4.36. The number of halogens is 2. The molecule has 0 aliphatic rings. The fraction of sp³-hybridized carbons (Fsp3) is 0.278. The number of carbonyl (C=O) groups is 1. The van der Waals surface area contributed by atoms with Crippen molar-refractivity contribution in [1.29, 1.82) is 0 Å². The largest absolute Gasteiger partial charge is 0.312 e. The van der Waals surface area contributed by atoms with Gasteiger partial charge in [-0.3, -0.25) is 0 Å². The van der Waals surface area contributed by atoms with Crippen molar-refractivity contribution in [2.24, 2.45) is 0 Å². The quantitative estimate of drug-likeness (QED) is 0.444. The summed E-state index contributed by atoms with van der Waals surface area (Å²) < 4.78 is 25.4. The van der Waals surface area contributed by atoms with Crippen LogP contribution in [0.15, 0.2) is 12.1 Å². The first-order chi connectivity index (χ1) is 9.76. The summed E-state index contributed by atoms with van der Waals surface area (Å²) in [5.74, 6) is -0.800. The number of aryl methyl sites for hydroxylation is 5. The summed E-state index contributed by atoms with van der Waals surface area (Å²) in [5, 5.41) is 0. The van der Waals surface area contributed by atoms with Crippen LogP contribution in [-0.2, 0) is 65.4 Å². The van der Waals surface area contributed by atoms with E-state index in [0.29, 0.717) is 11.8 Å². The minimum absolute atomic E-state index is 0. The van der Waals surface area contributed by atoms with Crippen molar-refractivity contribution in [3.63, 3.8) is 0 Å². The number of carbonyl (C=O) groups excluding carboxylic acids is 1. The van der Waals surface area contributed by atoms with E-state index >= 15 is 0 Å². The molecular formula is C18H18F2OY2-2. The Morgan fingerprint density at radius 1 is 0.783 bits per heavy atom. The topological polar surface area (TPSA) is 17.1 Å². The normalized spacial score (nSPS) is 9.00. The molecule has 2 rings (SSSR count). The van der Waals surface area contributed by atoms with Gasteiger partial charge in [-0.15, -0.1) is 17.7 Å². The van der Waals surface area contributed by atoms with Gasteiger partial charge in [0.05, 0.1) is 6.29 Å². The van der Waals surface area contributed by atoms with Gasteiger partial charge in [0, 0.05) is 77.1 Å². The molecule has 2 radical (unpaired) electrons. The Labute approximate surface area is 187 Å². The first kappa shape index (κ1) is 25.4. The predicted octanol–water partition coefficient (Wildman–Crippen LogP) is 4.60. The zero-order valence-electron chi connectivity index (χ0n) is 14.1. The van der Waals surface area contributed by atoms with Gasteiger partial charge >= 0.3 is 0 Å². The molecule has 0 saturated heterocycles. The van der Waals surface area contributed by atoms with Gasteiger partial charge in [-0.1, -0.05) is 40.2 Å². The molecule has 5 heteroatoms. The fourth-order valence-corrected chi connectivity index (χ4v) is 1.68. The Bertz CT molecular complexity index is 620. The second kappa shape index (κ2) is 11.7. The molecule has 0 spiro atoms. The van der Waals surface area contributed by atoms with Crippen LogP contribution in [0.5, 0.6) is 0 Å². The maximum atomic E-state index is 12.7. The molecule has 0 fully saturated rings. The molecule has 0 aliphatic heterocycles. The van der Waals surface area contributed by atoms with Gasteiger partial charge in [0.1, 0.15) is 0 Å². The van der Waals surface area contributed by atoms with Gasteiger partial charge in [0.25, 0.3) is 0 Å². The van der Waals surface area contributed by atoms with Gasteiger partial charge < -0.3 is 4.79 Å². The minimum Gasteiger partial charge on any atom is -0.312 e. The van der Waals surface area contributed by atoms with E-state index in [1.54, 1.807) is 13.8 Å². The standard InChI is InChI=1S/C9H8FO.C9H10F.2Y/c1-6-3-8(5-11)9(10)4-7(6)2;1-6-4-8(3)9(10)5-7(6)2;;/h3,5H,1-2H3;4H,1-3H3;;/q2*-1;;. The zero-order chi connectivity index (χ0) is 16.2. The van der Waals surface area contributed by atoms with Gasteiger partial charge in [-0.05, 0) is 0 Å². The van der Waals surface area contributed by atoms with Gasteiger partial charge in [-0.2, -0.15) is 34.4 Å². The second-order valence-corrected chi connectivity index (χ2v) is 5.04. The molecule has 0 atom stereocenters. The van der Waals surface area contributed by atoms with E-state index in [-0.39, 0.29) is 76.8 Å². The molecule has 0 aromatic heterocycles. The summed E-state index contributed by atoms with van der Waals surface area (Å²) in [6, 6.07) is 8.46. The van der Waals surface area contributed by atoms with Crippen molar-refractivity contribution < 1.29 is 79.0 Å². The molecule has 0 unspecified atom stereocenters. The molecule has 0 saturated carbocycles. The number of rotatable bonds is 1. The van der Waals surface area contributed by atoms with E-state index in [1.807, 2.05) is 26.8 Å². The molecular weight excluding hydrogens is 448 g/mol. The van der Waals surface area contributed by atoms with Crippen LogP contribution in [-0.4, -0.2) is 6.29 Å². The Kier molecular flexibility index (Phi) is 12.9. The van der Waals surface area contributed by atoms with Gasteiger partial charge in [0.15, 0.2) is 0 Å². The van der Waals surface area contributed by atoms with Crippen molar-refractivity contribution in [1.82, 2.24) is 0 Å². The number of benzene rings is 2. The Morgan fingerprint density at radius 2 is 1.22 bits per heavy atom. The molecule has 0 N–H and O–H groups in total. The summed E-state index contributed by atoms with van der Waals surface area (Å²) in [6.45, 7) is 9.14.